The van der Waals surface area contributed by atoms with Gasteiger partial charge in [-0.15, -0.1) is 0 Å². The van der Waals surface area contributed by atoms with Crippen molar-refractivity contribution in [2.45, 2.75) is 38.8 Å². The molecule has 2 heterocycles. The summed E-state index contributed by atoms with van der Waals surface area (Å²) in [6, 6.07) is 10.3. The van der Waals surface area contributed by atoms with Crippen molar-refractivity contribution in [2.24, 2.45) is 0 Å². The number of rotatable bonds is 3. The molecule has 0 radical (unpaired) electrons. The second kappa shape index (κ2) is 5.24. The normalized spacial score (nSPS) is 21.7. The predicted octanol–water partition coefficient (Wildman–Crippen LogP) is 2.95. The lowest BCUT2D eigenvalue weighted by atomic mass is 10.2. The zero-order chi connectivity index (χ0) is 15.0. The molecule has 0 bridgehead atoms. The average molecular weight is 285 g/mol. The summed E-state index contributed by atoms with van der Waals surface area (Å²) < 4.78 is 1.74. The summed E-state index contributed by atoms with van der Waals surface area (Å²) in [5.74, 6) is -0.246. The SMILES string of the molecule is CC1CCC(C)N1c1c(C(=O)O)cnn1-c1ccccc1. The van der Waals surface area contributed by atoms with Crippen LogP contribution in [0.1, 0.15) is 37.0 Å². The Kier molecular flexibility index (Phi) is 3.41. The van der Waals surface area contributed by atoms with Crippen LogP contribution in [0.25, 0.3) is 5.69 Å². The number of para-hydroxylation sites is 1. The van der Waals surface area contributed by atoms with E-state index in [0.29, 0.717) is 17.9 Å². The van der Waals surface area contributed by atoms with Crippen molar-refractivity contribution in [3.8, 4) is 5.69 Å². The first kappa shape index (κ1) is 13.7. The Morgan fingerprint density at radius 1 is 1.19 bits per heavy atom. The van der Waals surface area contributed by atoms with Crippen LogP contribution in [0.2, 0.25) is 0 Å². The van der Waals surface area contributed by atoms with Crippen LogP contribution in [0.15, 0.2) is 36.5 Å². The van der Waals surface area contributed by atoms with Gasteiger partial charge in [0.2, 0.25) is 0 Å². The van der Waals surface area contributed by atoms with E-state index >= 15 is 0 Å². The Hall–Kier alpha value is -2.30. The van der Waals surface area contributed by atoms with E-state index in [1.54, 1.807) is 4.68 Å². The lowest BCUT2D eigenvalue weighted by Crippen LogP contribution is -2.35. The molecule has 2 aromatic rings. The molecule has 1 N–H and O–H groups in total. The minimum absolute atomic E-state index is 0.263. The molecule has 2 atom stereocenters. The quantitative estimate of drug-likeness (QED) is 0.942. The van der Waals surface area contributed by atoms with Gasteiger partial charge in [0.05, 0.1) is 11.9 Å². The fraction of sp³-hybridized carbons (Fsp3) is 0.375. The molecule has 0 saturated carbocycles. The second-order valence-corrected chi connectivity index (χ2v) is 5.62. The molecule has 5 heteroatoms. The first-order valence-electron chi connectivity index (χ1n) is 7.24. The van der Waals surface area contributed by atoms with Gasteiger partial charge in [0.1, 0.15) is 11.4 Å². The number of aromatic carboxylic acids is 1. The molecular weight excluding hydrogens is 266 g/mol. The summed E-state index contributed by atoms with van der Waals surface area (Å²) in [5.41, 5.74) is 1.14. The van der Waals surface area contributed by atoms with Gasteiger partial charge < -0.3 is 10.0 Å². The minimum atomic E-state index is -0.932. The molecule has 0 spiro atoms. The van der Waals surface area contributed by atoms with Crippen LogP contribution in [-0.4, -0.2) is 32.9 Å². The van der Waals surface area contributed by atoms with Crippen LogP contribution in [0.4, 0.5) is 5.82 Å². The maximum absolute atomic E-state index is 11.6. The van der Waals surface area contributed by atoms with Gasteiger partial charge >= 0.3 is 5.97 Å². The molecule has 0 amide bonds. The highest BCUT2D eigenvalue weighted by Gasteiger charge is 2.33. The minimum Gasteiger partial charge on any atom is -0.477 e. The van der Waals surface area contributed by atoms with Gasteiger partial charge in [-0.2, -0.15) is 5.10 Å². The summed E-state index contributed by atoms with van der Waals surface area (Å²) in [7, 11) is 0. The molecule has 1 aromatic carbocycles. The van der Waals surface area contributed by atoms with Crippen LogP contribution in [-0.2, 0) is 0 Å². The number of carbonyl (C=O) groups is 1. The van der Waals surface area contributed by atoms with E-state index in [-0.39, 0.29) is 5.56 Å². The van der Waals surface area contributed by atoms with E-state index in [0.717, 1.165) is 18.5 Å². The van der Waals surface area contributed by atoms with Gasteiger partial charge in [-0.05, 0) is 38.8 Å². The van der Waals surface area contributed by atoms with Crippen LogP contribution >= 0.6 is 0 Å². The fourth-order valence-corrected chi connectivity index (χ4v) is 3.11. The lowest BCUT2D eigenvalue weighted by Gasteiger charge is -2.29. The summed E-state index contributed by atoms with van der Waals surface area (Å²) in [5, 5.41) is 13.8. The number of nitrogens with zero attached hydrogens (tertiary/aromatic N) is 3. The molecule has 110 valence electrons. The number of carboxylic acids is 1. The van der Waals surface area contributed by atoms with Crippen molar-refractivity contribution < 1.29 is 9.90 Å². The Labute approximate surface area is 123 Å². The molecule has 1 aliphatic heterocycles. The number of hydrogen-bond donors (Lipinski definition) is 1. The second-order valence-electron chi connectivity index (χ2n) is 5.62. The maximum atomic E-state index is 11.6. The van der Waals surface area contributed by atoms with E-state index in [4.69, 9.17) is 0 Å². The summed E-state index contributed by atoms with van der Waals surface area (Å²) in [6.45, 7) is 4.27. The monoisotopic (exact) mass is 285 g/mol. The number of anilines is 1. The van der Waals surface area contributed by atoms with Crippen LogP contribution in [0.5, 0.6) is 0 Å². The zero-order valence-electron chi connectivity index (χ0n) is 12.2. The molecule has 1 saturated heterocycles. The zero-order valence-corrected chi connectivity index (χ0v) is 12.2. The molecular formula is C16H19N3O2. The van der Waals surface area contributed by atoms with E-state index in [1.807, 2.05) is 30.3 Å². The largest absolute Gasteiger partial charge is 0.477 e. The lowest BCUT2D eigenvalue weighted by molar-refractivity contribution is 0.0697. The fourth-order valence-electron chi connectivity index (χ4n) is 3.11. The molecule has 0 aliphatic carbocycles. The van der Waals surface area contributed by atoms with Crippen molar-refractivity contribution in [1.29, 1.82) is 0 Å². The van der Waals surface area contributed by atoms with Gasteiger partial charge in [0.25, 0.3) is 0 Å². The van der Waals surface area contributed by atoms with Crippen molar-refractivity contribution in [2.75, 3.05) is 4.90 Å². The first-order chi connectivity index (χ1) is 10.1. The molecule has 5 nitrogen and oxygen atoms in total. The molecule has 3 rings (SSSR count). The third kappa shape index (κ3) is 2.28. The topological polar surface area (TPSA) is 58.4 Å². The summed E-state index contributed by atoms with van der Waals surface area (Å²) in [6.07, 6.45) is 3.59. The highest BCUT2D eigenvalue weighted by molar-refractivity contribution is 5.93. The van der Waals surface area contributed by atoms with Crippen molar-refractivity contribution in [1.82, 2.24) is 9.78 Å². The molecule has 1 aliphatic rings. The van der Waals surface area contributed by atoms with Crippen LogP contribution < -0.4 is 4.90 Å². The highest BCUT2D eigenvalue weighted by atomic mass is 16.4. The van der Waals surface area contributed by atoms with E-state index < -0.39 is 5.97 Å². The highest BCUT2D eigenvalue weighted by Crippen LogP contribution is 2.34. The molecule has 21 heavy (non-hydrogen) atoms. The number of benzene rings is 1. The summed E-state index contributed by atoms with van der Waals surface area (Å²) in [4.78, 5) is 13.7. The standard InChI is InChI=1S/C16H19N3O2/c1-11-8-9-12(2)18(11)15-14(16(20)21)10-17-19(15)13-6-4-3-5-7-13/h3-7,10-12H,8-9H2,1-2H3,(H,20,21). The van der Waals surface area contributed by atoms with Gasteiger partial charge in [-0.1, -0.05) is 18.2 Å². The van der Waals surface area contributed by atoms with Gasteiger partial charge in [0.15, 0.2) is 0 Å². The third-order valence-electron chi connectivity index (χ3n) is 4.17. The number of aromatic nitrogens is 2. The molecule has 1 fully saturated rings. The smallest absolute Gasteiger partial charge is 0.341 e. The van der Waals surface area contributed by atoms with Crippen molar-refractivity contribution in [3.05, 3.63) is 42.1 Å². The molecule has 1 aromatic heterocycles. The van der Waals surface area contributed by atoms with E-state index in [1.165, 1.54) is 6.20 Å². The molecule has 2 unspecified atom stereocenters. The van der Waals surface area contributed by atoms with Gasteiger partial charge in [-0.25, -0.2) is 9.48 Å². The van der Waals surface area contributed by atoms with Crippen LogP contribution in [0.3, 0.4) is 0 Å². The van der Waals surface area contributed by atoms with Crippen molar-refractivity contribution in [3.63, 3.8) is 0 Å². The van der Waals surface area contributed by atoms with E-state index in [9.17, 15) is 9.90 Å². The Morgan fingerprint density at radius 2 is 1.81 bits per heavy atom. The number of carboxylic acid groups (broad SMARTS) is 1. The van der Waals surface area contributed by atoms with Crippen LogP contribution in [0, 0.1) is 0 Å². The Balaban J connectivity index is 2.16. The van der Waals surface area contributed by atoms with E-state index in [2.05, 4.69) is 23.8 Å². The first-order valence-corrected chi connectivity index (χ1v) is 7.24. The predicted molar refractivity (Wildman–Crippen MR) is 81.2 cm³/mol. The Morgan fingerprint density at radius 3 is 2.38 bits per heavy atom. The third-order valence-corrected chi connectivity index (χ3v) is 4.17. The Bertz CT molecular complexity index is 641. The van der Waals surface area contributed by atoms with Crippen molar-refractivity contribution >= 4 is 11.8 Å². The van der Waals surface area contributed by atoms with Gasteiger partial charge in [0, 0.05) is 12.1 Å². The summed E-state index contributed by atoms with van der Waals surface area (Å²) >= 11 is 0. The average Bonchev–Trinajstić information content (AvgIpc) is 3.03. The number of hydrogen-bond acceptors (Lipinski definition) is 3. The maximum Gasteiger partial charge on any atom is 0.341 e. The van der Waals surface area contributed by atoms with Gasteiger partial charge in [-0.3, -0.25) is 0 Å².